The molecule has 0 saturated carbocycles. The summed E-state index contributed by atoms with van der Waals surface area (Å²) in [6.45, 7) is 4.24. The van der Waals surface area contributed by atoms with Crippen LogP contribution in [0.15, 0.2) is 59.6 Å². The minimum absolute atomic E-state index is 0.199. The van der Waals surface area contributed by atoms with Crippen LogP contribution in [0.2, 0.25) is 0 Å². The van der Waals surface area contributed by atoms with Crippen molar-refractivity contribution in [2.45, 2.75) is 6.61 Å². The normalized spacial score (nSPS) is 10.0. The molecule has 2 rings (SSSR count). The first-order chi connectivity index (χ1) is 11.5. The highest BCUT2D eigenvalue weighted by atomic mass is 79.9. The molecular formula is C18H17BrN2O3. The molecule has 0 saturated heterocycles. The van der Waals surface area contributed by atoms with Gasteiger partial charge in [0.2, 0.25) is 0 Å². The molecule has 0 radical (unpaired) electrons. The van der Waals surface area contributed by atoms with E-state index >= 15 is 0 Å². The fourth-order valence-corrected chi connectivity index (χ4v) is 2.18. The SMILES string of the molecule is C=C(Br)CNC(=O)c1cccc(COc2ccccc2C(N)=O)c1. The number of hydrogen-bond donors (Lipinski definition) is 2. The largest absolute Gasteiger partial charge is 0.488 e. The maximum absolute atomic E-state index is 12.0. The van der Waals surface area contributed by atoms with E-state index in [4.69, 9.17) is 10.5 Å². The van der Waals surface area contributed by atoms with Gasteiger partial charge in [0.1, 0.15) is 12.4 Å². The maximum atomic E-state index is 12.0. The van der Waals surface area contributed by atoms with Crippen LogP contribution >= 0.6 is 15.9 Å². The second-order valence-electron chi connectivity index (χ2n) is 5.05. The number of rotatable bonds is 7. The van der Waals surface area contributed by atoms with Crippen LogP contribution in [-0.2, 0) is 6.61 Å². The summed E-state index contributed by atoms with van der Waals surface area (Å²) in [5.74, 6) is -0.334. The van der Waals surface area contributed by atoms with E-state index in [1.54, 1.807) is 42.5 Å². The van der Waals surface area contributed by atoms with E-state index in [1.807, 2.05) is 6.07 Å². The van der Waals surface area contributed by atoms with Crippen LogP contribution in [0.1, 0.15) is 26.3 Å². The molecule has 2 aromatic carbocycles. The van der Waals surface area contributed by atoms with Crippen molar-refractivity contribution >= 4 is 27.7 Å². The van der Waals surface area contributed by atoms with Gasteiger partial charge in [-0.2, -0.15) is 0 Å². The summed E-state index contributed by atoms with van der Waals surface area (Å²) < 4.78 is 6.36. The first-order valence-corrected chi connectivity index (χ1v) is 7.98. The van der Waals surface area contributed by atoms with Crippen molar-refractivity contribution in [2.75, 3.05) is 6.54 Å². The van der Waals surface area contributed by atoms with Crippen LogP contribution < -0.4 is 15.8 Å². The molecule has 0 fully saturated rings. The summed E-state index contributed by atoms with van der Waals surface area (Å²) >= 11 is 3.19. The standard InChI is InChI=1S/C18H17BrN2O3/c1-12(19)10-21-18(23)14-6-4-5-13(9-14)11-24-16-8-3-2-7-15(16)17(20)22/h2-9H,1,10-11H2,(H2,20,22)(H,21,23). The third kappa shape index (κ3) is 4.96. The van der Waals surface area contributed by atoms with Gasteiger partial charge in [0.05, 0.1) is 5.56 Å². The highest BCUT2D eigenvalue weighted by Crippen LogP contribution is 2.19. The molecule has 0 bridgehead atoms. The van der Waals surface area contributed by atoms with Gasteiger partial charge in [-0.3, -0.25) is 9.59 Å². The second-order valence-corrected chi connectivity index (χ2v) is 6.17. The number of primary amides is 1. The first-order valence-electron chi connectivity index (χ1n) is 7.19. The van der Waals surface area contributed by atoms with Crippen molar-refractivity contribution in [3.8, 4) is 5.75 Å². The lowest BCUT2D eigenvalue weighted by atomic mass is 10.1. The minimum Gasteiger partial charge on any atom is -0.488 e. The number of nitrogens with two attached hydrogens (primary N) is 1. The van der Waals surface area contributed by atoms with Crippen molar-refractivity contribution in [3.63, 3.8) is 0 Å². The average molecular weight is 389 g/mol. The van der Waals surface area contributed by atoms with Crippen LogP contribution in [0, 0.1) is 0 Å². The molecule has 0 aliphatic carbocycles. The number of amides is 2. The summed E-state index contributed by atoms with van der Waals surface area (Å²) in [6, 6.07) is 13.8. The first kappa shape index (κ1) is 17.7. The summed E-state index contributed by atoms with van der Waals surface area (Å²) in [4.78, 5) is 23.4. The maximum Gasteiger partial charge on any atom is 0.252 e. The Morgan fingerprint density at radius 1 is 1.17 bits per heavy atom. The Morgan fingerprint density at radius 3 is 2.62 bits per heavy atom. The molecule has 0 spiro atoms. The van der Waals surface area contributed by atoms with Gasteiger partial charge < -0.3 is 15.8 Å². The van der Waals surface area contributed by atoms with Crippen molar-refractivity contribution < 1.29 is 14.3 Å². The van der Waals surface area contributed by atoms with Crippen LogP contribution in [-0.4, -0.2) is 18.4 Å². The molecule has 0 aromatic heterocycles. The molecule has 0 aliphatic heterocycles. The Labute approximate surface area is 148 Å². The van der Waals surface area contributed by atoms with E-state index in [2.05, 4.69) is 27.8 Å². The third-order valence-electron chi connectivity index (χ3n) is 3.18. The molecule has 3 N–H and O–H groups in total. The molecule has 0 atom stereocenters. The van der Waals surface area contributed by atoms with Crippen molar-refractivity contribution in [1.29, 1.82) is 0 Å². The summed E-state index contributed by atoms with van der Waals surface area (Å²) in [5, 5.41) is 2.74. The molecule has 6 heteroatoms. The fourth-order valence-electron chi connectivity index (χ4n) is 2.04. The van der Waals surface area contributed by atoms with Gasteiger partial charge in [-0.15, -0.1) is 0 Å². The lowest BCUT2D eigenvalue weighted by Crippen LogP contribution is -2.24. The van der Waals surface area contributed by atoms with Crippen LogP contribution in [0.25, 0.3) is 0 Å². The Hall–Kier alpha value is -2.60. The van der Waals surface area contributed by atoms with Gasteiger partial charge >= 0.3 is 0 Å². The number of ether oxygens (including phenoxy) is 1. The van der Waals surface area contributed by atoms with Gasteiger partial charge in [-0.25, -0.2) is 0 Å². The predicted octanol–water partition coefficient (Wildman–Crippen LogP) is 3.00. The molecule has 2 aromatic rings. The van der Waals surface area contributed by atoms with E-state index in [9.17, 15) is 9.59 Å². The Balaban J connectivity index is 2.06. The van der Waals surface area contributed by atoms with Crippen LogP contribution in [0.3, 0.4) is 0 Å². The minimum atomic E-state index is -0.547. The van der Waals surface area contributed by atoms with Gasteiger partial charge in [0.25, 0.3) is 11.8 Å². The molecule has 124 valence electrons. The highest BCUT2D eigenvalue weighted by molar-refractivity contribution is 9.11. The molecular weight excluding hydrogens is 372 g/mol. The summed E-state index contributed by atoms with van der Waals surface area (Å²) in [6.07, 6.45) is 0. The summed E-state index contributed by atoms with van der Waals surface area (Å²) in [5.41, 5.74) is 6.97. The Kier molecular flexibility index (Phi) is 6.14. The summed E-state index contributed by atoms with van der Waals surface area (Å²) in [7, 11) is 0. The highest BCUT2D eigenvalue weighted by Gasteiger charge is 2.10. The lowest BCUT2D eigenvalue weighted by molar-refractivity contribution is 0.0956. The number of nitrogens with one attached hydrogen (secondary N) is 1. The number of carbonyl (C=O) groups is 2. The average Bonchev–Trinajstić information content (AvgIpc) is 2.58. The van der Waals surface area contributed by atoms with E-state index < -0.39 is 5.91 Å². The van der Waals surface area contributed by atoms with Crippen LogP contribution in [0.5, 0.6) is 5.75 Å². The monoisotopic (exact) mass is 388 g/mol. The van der Waals surface area contributed by atoms with Gasteiger partial charge in [-0.1, -0.05) is 46.8 Å². The molecule has 24 heavy (non-hydrogen) atoms. The van der Waals surface area contributed by atoms with E-state index in [0.29, 0.717) is 27.9 Å². The van der Waals surface area contributed by atoms with E-state index in [-0.39, 0.29) is 12.5 Å². The number of hydrogen-bond acceptors (Lipinski definition) is 3. The number of carbonyl (C=O) groups excluding carboxylic acids is 2. The second kappa shape index (κ2) is 8.31. The van der Waals surface area contributed by atoms with E-state index in [1.165, 1.54) is 0 Å². The Bertz CT molecular complexity index is 774. The van der Waals surface area contributed by atoms with Gasteiger partial charge in [-0.05, 0) is 29.8 Å². The lowest BCUT2D eigenvalue weighted by Gasteiger charge is -2.10. The fraction of sp³-hybridized carbons (Fsp3) is 0.111. The molecule has 0 aliphatic rings. The van der Waals surface area contributed by atoms with Gasteiger partial charge in [0.15, 0.2) is 0 Å². The zero-order chi connectivity index (χ0) is 17.5. The molecule has 5 nitrogen and oxygen atoms in total. The quantitative estimate of drug-likeness (QED) is 0.764. The number of halogens is 1. The zero-order valence-corrected chi connectivity index (χ0v) is 14.5. The van der Waals surface area contributed by atoms with Gasteiger partial charge in [0, 0.05) is 16.6 Å². The number of para-hydroxylation sites is 1. The predicted molar refractivity (Wildman–Crippen MR) is 96.1 cm³/mol. The van der Waals surface area contributed by atoms with Crippen molar-refractivity contribution in [2.24, 2.45) is 5.73 Å². The Morgan fingerprint density at radius 2 is 1.92 bits per heavy atom. The topological polar surface area (TPSA) is 81.4 Å². The third-order valence-corrected chi connectivity index (χ3v) is 3.46. The van der Waals surface area contributed by atoms with E-state index in [0.717, 1.165) is 5.56 Å². The zero-order valence-electron chi connectivity index (χ0n) is 12.9. The molecule has 0 heterocycles. The van der Waals surface area contributed by atoms with Crippen molar-refractivity contribution in [3.05, 3.63) is 76.3 Å². The molecule has 2 amide bonds. The molecule has 0 unspecified atom stereocenters. The smallest absolute Gasteiger partial charge is 0.252 e. The van der Waals surface area contributed by atoms with Crippen LogP contribution in [0.4, 0.5) is 0 Å². The number of benzene rings is 2. The van der Waals surface area contributed by atoms with Crippen molar-refractivity contribution in [1.82, 2.24) is 5.32 Å².